The number of nitrogens with zero attached hydrogens (tertiary/aromatic N) is 1. The standard InChI is InChI=1S/C14H10ClN3O/c15-13-3-1-2-9(12(13)7-16)10-5-4-8(17)6-11(10)14(18)19/h1-6H,17H2,(H2,18,19). The molecule has 0 radical (unpaired) electrons. The second-order valence-electron chi connectivity index (χ2n) is 3.94. The zero-order valence-corrected chi connectivity index (χ0v) is 10.6. The summed E-state index contributed by atoms with van der Waals surface area (Å²) in [7, 11) is 0. The van der Waals surface area contributed by atoms with Crippen molar-refractivity contribution in [2.45, 2.75) is 0 Å². The van der Waals surface area contributed by atoms with Gasteiger partial charge in [-0.15, -0.1) is 0 Å². The van der Waals surface area contributed by atoms with Gasteiger partial charge in [-0.1, -0.05) is 29.8 Å². The lowest BCUT2D eigenvalue weighted by Gasteiger charge is -2.10. The fourth-order valence-electron chi connectivity index (χ4n) is 1.86. The van der Waals surface area contributed by atoms with Crippen molar-refractivity contribution in [2.75, 3.05) is 5.73 Å². The molecule has 0 saturated carbocycles. The molecular formula is C14H10ClN3O. The van der Waals surface area contributed by atoms with Crippen molar-refractivity contribution < 1.29 is 4.79 Å². The monoisotopic (exact) mass is 271 g/mol. The first-order valence-electron chi connectivity index (χ1n) is 5.43. The zero-order chi connectivity index (χ0) is 14.0. The van der Waals surface area contributed by atoms with E-state index in [1.54, 1.807) is 30.3 Å². The van der Waals surface area contributed by atoms with Crippen LogP contribution in [0.15, 0.2) is 36.4 Å². The molecule has 0 unspecified atom stereocenters. The number of benzene rings is 2. The van der Waals surface area contributed by atoms with Crippen molar-refractivity contribution in [1.29, 1.82) is 5.26 Å². The predicted octanol–water partition coefficient (Wildman–Crippen LogP) is 2.56. The molecule has 2 aromatic rings. The molecule has 0 aromatic heterocycles. The van der Waals surface area contributed by atoms with Gasteiger partial charge in [0.15, 0.2) is 0 Å². The van der Waals surface area contributed by atoms with Crippen LogP contribution in [0.5, 0.6) is 0 Å². The first-order valence-corrected chi connectivity index (χ1v) is 5.80. The Balaban J connectivity index is 2.77. The third kappa shape index (κ3) is 2.37. The lowest BCUT2D eigenvalue weighted by Crippen LogP contribution is -2.13. The lowest BCUT2D eigenvalue weighted by molar-refractivity contribution is 0.100. The summed E-state index contributed by atoms with van der Waals surface area (Å²) in [5.41, 5.74) is 13.1. The van der Waals surface area contributed by atoms with E-state index in [0.717, 1.165) is 0 Å². The normalized spacial score (nSPS) is 9.89. The van der Waals surface area contributed by atoms with Crippen molar-refractivity contribution in [3.63, 3.8) is 0 Å². The summed E-state index contributed by atoms with van der Waals surface area (Å²) in [6, 6.07) is 11.8. The SMILES string of the molecule is N#Cc1c(Cl)cccc1-c1ccc(N)cc1C(N)=O. The molecule has 0 atom stereocenters. The van der Waals surface area contributed by atoms with E-state index in [1.807, 2.05) is 6.07 Å². The van der Waals surface area contributed by atoms with Crippen molar-refractivity contribution >= 4 is 23.2 Å². The van der Waals surface area contributed by atoms with Crippen LogP contribution in [0, 0.1) is 11.3 Å². The maximum absolute atomic E-state index is 11.5. The van der Waals surface area contributed by atoms with Gasteiger partial charge in [-0.05, 0) is 23.8 Å². The number of nitrogens with two attached hydrogens (primary N) is 2. The molecule has 0 aliphatic carbocycles. The Morgan fingerprint density at radius 1 is 1.21 bits per heavy atom. The number of hydrogen-bond acceptors (Lipinski definition) is 3. The van der Waals surface area contributed by atoms with Gasteiger partial charge in [0.25, 0.3) is 0 Å². The van der Waals surface area contributed by atoms with Crippen molar-refractivity contribution in [2.24, 2.45) is 5.73 Å². The van der Waals surface area contributed by atoms with Gasteiger partial charge in [-0.3, -0.25) is 4.79 Å². The zero-order valence-electron chi connectivity index (χ0n) is 9.85. The average molecular weight is 272 g/mol. The Morgan fingerprint density at radius 3 is 2.58 bits per heavy atom. The minimum Gasteiger partial charge on any atom is -0.399 e. The first kappa shape index (κ1) is 12.9. The number of carbonyl (C=O) groups excluding carboxylic acids is 1. The van der Waals surface area contributed by atoms with Gasteiger partial charge < -0.3 is 11.5 Å². The number of nitrogen functional groups attached to an aromatic ring is 1. The molecule has 19 heavy (non-hydrogen) atoms. The molecule has 94 valence electrons. The molecule has 2 rings (SSSR count). The number of amides is 1. The Kier molecular flexibility index (Phi) is 3.41. The summed E-state index contributed by atoms with van der Waals surface area (Å²) >= 11 is 5.98. The highest BCUT2D eigenvalue weighted by atomic mass is 35.5. The van der Waals surface area contributed by atoms with Crippen LogP contribution < -0.4 is 11.5 Å². The van der Waals surface area contributed by atoms with Gasteiger partial charge in [0.2, 0.25) is 5.91 Å². The molecule has 0 aliphatic rings. The number of primary amides is 1. The van der Waals surface area contributed by atoms with Gasteiger partial charge in [0, 0.05) is 16.8 Å². The van der Waals surface area contributed by atoms with Crippen LogP contribution in [0.1, 0.15) is 15.9 Å². The van der Waals surface area contributed by atoms with Gasteiger partial charge in [-0.25, -0.2) is 0 Å². The number of carbonyl (C=O) groups is 1. The predicted molar refractivity (Wildman–Crippen MR) is 74.5 cm³/mol. The van der Waals surface area contributed by atoms with Crippen LogP contribution in [0.4, 0.5) is 5.69 Å². The van der Waals surface area contributed by atoms with Gasteiger partial charge in [0.1, 0.15) is 6.07 Å². The third-order valence-electron chi connectivity index (χ3n) is 2.72. The molecule has 0 spiro atoms. The fraction of sp³-hybridized carbons (Fsp3) is 0. The van der Waals surface area contributed by atoms with E-state index in [1.165, 1.54) is 6.07 Å². The fourth-order valence-corrected chi connectivity index (χ4v) is 2.08. The van der Waals surface area contributed by atoms with Gasteiger partial charge >= 0.3 is 0 Å². The van der Waals surface area contributed by atoms with Crippen molar-refractivity contribution in [3.05, 3.63) is 52.5 Å². The number of rotatable bonds is 2. The minimum atomic E-state index is -0.605. The largest absolute Gasteiger partial charge is 0.399 e. The maximum atomic E-state index is 11.5. The molecule has 0 fully saturated rings. The molecular weight excluding hydrogens is 262 g/mol. The molecule has 4 nitrogen and oxygen atoms in total. The molecule has 1 amide bonds. The summed E-state index contributed by atoms with van der Waals surface area (Å²) < 4.78 is 0. The summed E-state index contributed by atoms with van der Waals surface area (Å²) in [4.78, 5) is 11.5. The molecule has 4 N–H and O–H groups in total. The number of halogens is 1. The summed E-state index contributed by atoms with van der Waals surface area (Å²) in [5.74, 6) is -0.605. The Labute approximate surface area is 115 Å². The van der Waals surface area contributed by atoms with Crippen molar-refractivity contribution in [3.8, 4) is 17.2 Å². The highest BCUT2D eigenvalue weighted by Crippen LogP contribution is 2.31. The number of hydrogen-bond donors (Lipinski definition) is 2. The summed E-state index contributed by atoms with van der Waals surface area (Å²) in [6.07, 6.45) is 0. The quantitative estimate of drug-likeness (QED) is 0.822. The Bertz CT molecular complexity index is 704. The second kappa shape index (κ2) is 5.01. The number of anilines is 1. The van der Waals surface area contributed by atoms with Crippen LogP contribution in [-0.4, -0.2) is 5.91 Å². The smallest absolute Gasteiger partial charge is 0.249 e. The van der Waals surface area contributed by atoms with Gasteiger partial charge in [0.05, 0.1) is 10.6 Å². The van der Waals surface area contributed by atoms with E-state index in [0.29, 0.717) is 27.4 Å². The Hall–Kier alpha value is -2.51. The molecule has 0 bridgehead atoms. The van der Waals surface area contributed by atoms with E-state index in [4.69, 9.17) is 28.3 Å². The van der Waals surface area contributed by atoms with E-state index in [-0.39, 0.29) is 5.56 Å². The molecule has 2 aromatic carbocycles. The molecule has 0 heterocycles. The maximum Gasteiger partial charge on any atom is 0.249 e. The average Bonchev–Trinajstić information content (AvgIpc) is 2.38. The van der Waals surface area contributed by atoms with Crippen LogP contribution in [0.25, 0.3) is 11.1 Å². The van der Waals surface area contributed by atoms with Crippen LogP contribution in [0.2, 0.25) is 5.02 Å². The lowest BCUT2D eigenvalue weighted by atomic mass is 9.95. The molecule has 5 heteroatoms. The summed E-state index contributed by atoms with van der Waals surface area (Å²) in [6.45, 7) is 0. The molecule has 0 aliphatic heterocycles. The second-order valence-corrected chi connectivity index (χ2v) is 4.35. The summed E-state index contributed by atoms with van der Waals surface area (Å²) in [5, 5.41) is 9.50. The van der Waals surface area contributed by atoms with E-state index in [9.17, 15) is 4.79 Å². The minimum absolute atomic E-state index is 0.263. The van der Waals surface area contributed by atoms with Crippen LogP contribution >= 0.6 is 11.6 Å². The highest BCUT2D eigenvalue weighted by Gasteiger charge is 2.15. The first-order chi connectivity index (χ1) is 9.04. The topological polar surface area (TPSA) is 92.9 Å². The Morgan fingerprint density at radius 2 is 1.95 bits per heavy atom. The van der Waals surface area contributed by atoms with Crippen LogP contribution in [0.3, 0.4) is 0 Å². The third-order valence-corrected chi connectivity index (χ3v) is 3.04. The number of nitriles is 1. The van der Waals surface area contributed by atoms with Gasteiger partial charge in [-0.2, -0.15) is 5.26 Å². The molecule has 0 saturated heterocycles. The van der Waals surface area contributed by atoms with E-state index < -0.39 is 5.91 Å². The van der Waals surface area contributed by atoms with E-state index in [2.05, 4.69) is 0 Å². The van der Waals surface area contributed by atoms with Crippen LogP contribution in [-0.2, 0) is 0 Å². The highest BCUT2D eigenvalue weighted by molar-refractivity contribution is 6.32. The van der Waals surface area contributed by atoms with E-state index >= 15 is 0 Å². The van der Waals surface area contributed by atoms with Crippen molar-refractivity contribution in [1.82, 2.24) is 0 Å².